The second-order valence-electron chi connectivity index (χ2n) is 16.0. The van der Waals surface area contributed by atoms with Crippen LogP contribution < -0.4 is 14.8 Å². The van der Waals surface area contributed by atoms with Gasteiger partial charge in [-0.1, -0.05) is 48.6 Å². The third kappa shape index (κ3) is 8.41. The maximum atomic E-state index is 13.9. The number of hydrogen-bond donors (Lipinski definition) is 3. The van der Waals surface area contributed by atoms with Crippen LogP contribution in [0.3, 0.4) is 0 Å². The van der Waals surface area contributed by atoms with E-state index in [4.69, 9.17) is 9.47 Å². The molecule has 4 heterocycles. The van der Waals surface area contributed by atoms with Gasteiger partial charge in [-0.25, -0.2) is 4.98 Å². The van der Waals surface area contributed by atoms with Gasteiger partial charge in [-0.3, -0.25) is 24.5 Å². The first kappa shape index (κ1) is 38.1. The number of nitrogens with zero attached hydrogens (tertiary/aromatic N) is 3. The number of ether oxygens (including phenoxy) is 2. The minimum atomic E-state index is -0.394. The summed E-state index contributed by atoms with van der Waals surface area (Å²) in [5.74, 6) is 1.64. The number of likely N-dealkylation sites (tertiary alicyclic amines) is 1. The normalized spacial score (nSPS) is 20.2. The van der Waals surface area contributed by atoms with Crippen LogP contribution in [-0.2, 0) is 4.74 Å². The Morgan fingerprint density at radius 1 is 1.03 bits per heavy atom. The number of aromatic amines is 1. The van der Waals surface area contributed by atoms with E-state index in [1.807, 2.05) is 30.5 Å². The van der Waals surface area contributed by atoms with Crippen molar-refractivity contribution >= 4 is 45.8 Å². The maximum absolute atomic E-state index is 13.9. The van der Waals surface area contributed by atoms with Crippen molar-refractivity contribution in [2.24, 2.45) is 5.92 Å². The first-order valence-electron chi connectivity index (χ1n) is 20.4. The van der Waals surface area contributed by atoms with E-state index in [0.717, 1.165) is 73.6 Å². The summed E-state index contributed by atoms with van der Waals surface area (Å²) in [5.41, 5.74) is 8.05. The number of pyridine rings is 1. The van der Waals surface area contributed by atoms with Gasteiger partial charge in [0.25, 0.3) is 11.6 Å². The number of rotatable bonds is 13. The standard InChI is InChI=1S/C46H48N6O5S/c1-29-22-42(39-5-3-2-4-38(39)32-6-7-32)51(28-29)35-11-8-31(9-12-35)33-10-14-40(44(24-33)57-36-23-34-16-19-47-45(34)49-27-36)46(53)50-58-37-13-15-41(43(25-37)52(54)55)48-26-30-17-20-56-21-18-30/h2-5,8,10,13-16,19,23-25,27,30,32,35,42,48H,1,6-7,9,11-12,17-18,20-22,26,28H2,(H,47,49)(H,50,53). The number of carbonyl (C=O) groups excluding carboxylic acids is 1. The lowest BCUT2D eigenvalue weighted by molar-refractivity contribution is -0.384. The van der Waals surface area contributed by atoms with Gasteiger partial charge < -0.3 is 19.8 Å². The average molecular weight is 797 g/mol. The summed E-state index contributed by atoms with van der Waals surface area (Å²) in [6, 6.07) is 24.4. The first-order chi connectivity index (χ1) is 28.4. The van der Waals surface area contributed by atoms with Crippen molar-refractivity contribution in [2.45, 2.75) is 74.3 Å². The molecule has 3 aromatic carbocycles. The van der Waals surface area contributed by atoms with Crippen LogP contribution in [0, 0.1) is 16.0 Å². The number of anilines is 1. The van der Waals surface area contributed by atoms with Crippen molar-refractivity contribution in [3.05, 3.63) is 136 Å². The Morgan fingerprint density at radius 3 is 2.67 bits per heavy atom. The van der Waals surface area contributed by atoms with E-state index in [9.17, 15) is 14.9 Å². The number of amides is 1. The van der Waals surface area contributed by atoms with E-state index in [2.05, 4.69) is 61.8 Å². The van der Waals surface area contributed by atoms with Gasteiger partial charge in [0, 0.05) is 60.9 Å². The number of H-pyrrole nitrogens is 1. The second-order valence-corrected chi connectivity index (χ2v) is 16.9. The first-order valence-corrected chi connectivity index (χ1v) is 21.2. The van der Waals surface area contributed by atoms with Crippen molar-refractivity contribution in [3.63, 3.8) is 0 Å². The molecule has 1 amide bonds. The lowest BCUT2D eigenvalue weighted by Gasteiger charge is -2.36. The molecule has 0 radical (unpaired) electrons. The van der Waals surface area contributed by atoms with Crippen molar-refractivity contribution < 1.29 is 19.2 Å². The fourth-order valence-electron chi connectivity index (χ4n) is 8.80. The van der Waals surface area contributed by atoms with E-state index < -0.39 is 4.92 Å². The molecule has 9 rings (SSSR count). The highest BCUT2D eigenvalue weighted by atomic mass is 32.2. The molecular formula is C46H48N6O5S. The number of fused-ring (bicyclic) bond motifs is 1. The lowest BCUT2D eigenvalue weighted by Crippen LogP contribution is -2.36. The number of benzene rings is 3. The van der Waals surface area contributed by atoms with Gasteiger partial charge >= 0.3 is 0 Å². The molecule has 2 saturated heterocycles. The molecule has 0 bridgehead atoms. The highest BCUT2D eigenvalue weighted by Gasteiger charge is 2.37. The molecule has 0 spiro atoms. The van der Waals surface area contributed by atoms with Gasteiger partial charge in [-0.05, 0) is 134 Å². The largest absolute Gasteiger partial charge is 0.455 e. The molecule has 5 aromatic rings. The lowest BCUT2D eigenvalue weighted by atomic mass is 9.88. The zero-order valence-electron chi connectivity index (χ0n) is 32.5. The van der Waals surface area contributed by atoms with Crippen LogP contribution in [0.2, 0.25) is 0 Å². The molecule has 2 aliphatic heterocycles. The summed E-state index contributed by atoms with van der Waals surface area (Å²) < 4.78 is 14.8. The smallest absolute Gasteiger partial charge is 0.293 e. The Labute approximate surface area is 342 Å². The highest BCUT2D eigenvalue weighted by molar-refractivity contribution is 7.98. The number of nitrogens with one attached hydrogen (secondary N) is 3. The number of aromatic nitrogens is 2. The predicted molar refractivity (Wildman–Crippen MR) is 228 cm³/mol. The Balaban J connectivity index is 0.927. The molecule has 2 unspecified atom stereocenters. The summed E-state index contributed by atoms with van der Waals surface area (Å²) in [7, 11) is 0. The summed E-state index contributed by atoms with van der Waals surface area (Å²) in [4.78, 5) is 36.4. The Kier molecular flexibility index (Phi) is 11.0. The van der Waals surface area contributed by atoms with E-state index >= 15 is 0 Å². The third-order valence-corrected chi connectivity index (χ3v) is 12.8. The van der Waals surface area contributed by atoms with Crippen LogP contribution in [0.25, 0.3) is 16.6 Å². The summed E-state index contributed by atoms with van der Waals surface area (Å²) in [6.45, 7) is 7.42. The molecule has 1 saturated carbocycles. The molecule has 2 aromatic heterocycles. The Hall–Kier alpha value is -5.43. The van der Waals surface area contributed by atoms with Gasteiger partial charge in [0.1, 0.15) is 22.8 Å². The fraction of sp³-hybridized carbons (Fsp3) is 0.348. The molecule has 2 aliphatic carbocycles. The van der Waals surface area contributed by atoms with Crippen molar-refractivity contribution in [1.29, 1.82) is 0 Å². The summed E-state index contributed by atoms with van der Waals surface area (Å²) in [6.07, 6.45) is 14.1. The third-order valence-electron chi connectivity index (χ3n) is 12.1. The van der Waals surface area contributed by atoms with Crippen molar-refractivity contribution in [2.75, 3.05) is 31.6 Å². The second kappa shape index (κ2) is 16.8. The van der Waals surface area contributed by atoms with Crippen LogP contribution >= 0.6 is 11.9 Å². The molecule has 12 heteroatoms. The Morgan fingerprint density at radius 2 is 1.88 bits per heavy atom. The van der Waals surface area contributed by atoms with Gasteiger partial charge in [-0.15, -0.1) is 0 Å². The van der Waals surface area contributed by atoms with E-state index in [1.54, 1.807) is 24.4 Å². The fourth-order valence-corrected chi connectivity index (χ4v) is 9.42. The minimum Gasteiger partial charge on any atom is -0.455 e. The van der Waals surface area contributed by atoms with Crippen LogP contribution in [-0.4, -0.2) is 58.0 Å². The van der Waals surface area contributed by atoms with E-state index in [-0.39, 0.29) is 11.6 Å². The molecular weight excluding hydrogens is 749 g/mol. The number of nitro groups is 1. The van der Waals surface area contributed by atoms with Crippen molar-refractivity contribution in [3.8, 4) is 11.5 Å². The predicted octanol–water partition coefficient (Wildman–Crippen LogP) is 10.4. The number of hydrogen-bond acceptors (Lipinski definition) is 9. The van der Waals surface area contributed by atoms with Crippen molar-refractivity contribution in [1.82, 2.24) is 19.6 Å². The Bertz CT molecular complexity index is 2380. The zero-order valence-corrected chi connectivity index (χ0v) is 33.3. The molecule has 3 fully saturated rings. The van der Waals surface area contributed by atoms with Gasteiger partial charge in [-0.2, -0.15) is 0 Å². The molecule has 58 heavy (non-hydrogen) atoms. The molecule has 3 N–H and O–H groups in total. The van der Waals surface area contributed by atoms with Gasteiger partial charge in [0.15, 0.2) is 0 Å². The minimum absolute atomic E-state index is 0.0383. The quantitative estimate of drug-likeness (QED) is 0.0461. The van der Waals surface area contributed by atoms with Crippen LogP contribution in [0.4, 0.5) is 11.4 Å². The number of allylic oxidation sites excluding steroid dienone is 1. The monoisotopic (exact) mass is 796 g/mol. The zero-order chi connectivity index (χ0) is 39.6. The van der Waals surface area contributed by atoms with Crippen LogP contribution in [0.5, 0.6) is 11.5 Å². The van der Waals surface area contributed by atoms with Crippen LogP contribution in [0.15, 0.2) is 108 Å². The molecule has 2 atom stereocenters. The number of carbonyl (C=O) groups is 1. The summed E-state index contributed by atoms with van der Waals surface area (Å²) in [5, 5.41) is 16.2. The molecule has 298 valence electrons. The maximum Gasteiger partial charge on any atom is 0.293 e. The van der Waals surface area contributed by atoms with E-state index in [1.165, 1.54) is 41.2 Å². The topological polar surface area (TPSA) is 135 Å². The molecule has 11 nitrogen and oxygen atoms in total. The van der Waals surface area contributed by atoms with Crippen LogP contribution in [0.1, 0.15) is 90.4 Å². The average Bonchev–Trinajstić information content (AvgIpc) is 3.87. The van der Waals surface area contributed by atoms with Gasteiger partial charge in [0.05, 0.1) is 16.7 Å². The van der Waals surface area contributed by atoms with Gasteiger partial charge in [0.2, 0.25) is 0 Å². The SMILES string of the molecule is C=C1CC(c2ccccc2C2CC2)N(C2CC=C(c3ccc(C(=O)NSc4ccc(NCC5CCOCC5)c([N+](=O)[O-])c4)c(Oc4cnc5[nH]ccc5c4)c3)CC2)C1. The number of nitro benzene ring substituents is 1. The summed E-state index contributed by atoms with van der Waals surface area (Å²) >= 11 is 1.03. The van der Waals surface area contributed by atoms with E-state index in [0.29, 0.717) is 71.3 Å². The molecule has 4 aliphatic rings. The highest BCUT2D eigenvalue weighted by Crippen LogP contribution is 2.48.